The van der Waals surface area contributed by atoms with E-state index in [1.165, 1.54) is 6.07 Å². The van der Waals surface area contributed by atoms with Crippen LogP contribution in [0.3, 0.4) is 0 Å². The summed E-state index contributed by atoms with van der Waals surface area (Å²) in [5, 5.41) is 11.1. The molecule has 110 valence electrons. The van der Waals surface area contributed by atoms with Gasteiger partial charge in [-0.05, 0) is 25.5 Å². The fourth-order valence-electron chi connectivity index (χ4n) is 1.96. The highest BCUT2D eigenvalue weighted by Crippen LogP contribution is 2.41. The van der Waals surface area contributed by atoms with Gasteiger partial charge in [-0.3, -0.25) is 10.1 Å². The Balaban J connectivity index is 2.59. The number of hydrogen-bond acceptors (Lipinski definition) is 6. The lowest BCUT2D eigenvalue weighted by Gasteiger charge is -2.01. The van der Waals surface area contributed by atoms with E-state index in [-0.39, 0.29) is 17.2 Å². The Morgan fingerprint density at radius 1 is 1.43 bits per heavy atom. The molecule has 0 aliphatic heterocycles. The molecular formula is C14H14N2O4S. The summed E-state index contributed by atoms with van der Waals surface area (Å²) in [6.07, 6.45) is 0. The van der Waals surface area contributed by atoms with Gasteiger partial charge in [0.1, 0.15) is 4.88 Å². The third-order valence-corrected chi connectivity index (χ3v) is 4.32. The molecule has 0 aliphatic rings. The van der Waals surface area contributed by atoms with Gasteiger partial charge in [-0.15, -0.1) is 11.3 Å². The van der Waals surface area contributed by atoms with Crippen LogP contribution in [0.15, 0.2) is 24.3 Å². The van der Waals surface area contributed by atoms with E-state index in [1.807, 2.05) is 0 Å². The molecule has 2 N–H and O–H groups in total. The monoisotopic (exact) mass is 306 g/mol. The number of benzene rings is 1. The third kappa shape index (κ3) is 2.73. The Morgan fingerprint density at radius 2 is 2.10 bits per heavy atom. The van der Waals surface area contributed by atoms with Crippen molar-refractivity contribution in [2.45, 2.75) is 13.8 Å². The summed E-state index contributed by atoms with van der Waals surface area (Å²) in [6.45, 7) is 3.69. The fraction of sp³-hybridized carbons (Fsp3) is 0.214. The molecule has 0 radical (unpaired) electrons. The van der Waals surface area contributed by atoms with E-state index in [1.54, 1.807) is 32.0 Å². The predicted molar refractivity (Wildman–Crippen MR) is 81.5 cm³/mol. The lowest BCUT2D eigenvalue weighted by molar-refractivity contribution is -0.384. The summed E-state index contributed by atoms with van der Waals surface area (Å²) >= 11 is 1.11. The van der Waals surface area contributed by atoms with Gasteiger partial charge in [-0.25, -0.2) is 4.79 Å². The van der Waals surface area contributed by atoms with Crippen LogP contribution in [-0.2, 0) is 4.74 Å². The first kappa shape index (κ1) is 15.0. The van der Waals surface area contributed by atoms with Crippen LogP contribution in [0, 0.1) is 17.0 Å². The lowest BCUT2D eigenvalue weighted by Crippen LogP contribution is -2.05. The summed E-state index contributed by atoms with van der Waals surface area (Å²) < 4.78 is 4.95. The smallest absolute Gasteiger partial charge is 0.350 e. The maximum absolute atomic E-state index is 11.9. The molecule has 6 nitrogen and oxygen atoms in total. The first-order valence-corrected chi connectivity index (χ1v) is 7.08. The molecule has 1 heterocycles. The van der Waals surface area contributed by atoms with Crippen molar-refractivity contribution in [3.63, 3.8) is 0 Å². The maximum atomic E-state index is 11.9. The van der Waals surface area contributed by atoms with Crippen LogP contribution in [0.25, 0.3) is 10.4 Å². The van der Waals surface area contributed by atoms with E-state index in [9.17, 15) is 14.9 Å². The van der Waals surface area contributed by atoms with Gasteiger partial charge < -0.3 is 10.5 Å². The molecule has 0 fully saturated rings. The molecule has 0 unspecified atom stereocenters. The van der Waals surface area contributed by atoms with Gasteiger partial charge in [-0.1, -0.05) is 12.1 Å². The highest BCUT2D eigenvalue weighted by molar-refractivity contribution is 7.18. The fourth-order valence-corrected chi connectivity index (χ4v) is 3.11. The molecular weight excluding hydrogens is 292 g/mol. The van der Waals surface area contributed by atoms with Crippen molar-refractivity contribution < 1.29 is 14.5 Å². The summed E-state index contributed by atoms with van der Waals surface area (Å²) in [5.41, 5.74) is 7.33. The number of anilines is 1. The number of nitro groups is 1. The van der Waals surface area contributed by atoms with Crippen LogP contribution < -0.4 is 5.73 Å². The van der Waals surface area contributed by atoms with Crippen molar-refractivity contribution in [1.82, 2.24) is 0 Å². The van der Waals surface area contributed by atoms with Crippen LogP contribution in [0.4, 0.5) is 11.4 Å². The Labute approximate surface area is 125 Å². The molecule has 2 rings (SSSR count). The number of para-hydroxylation sites is 1. The zero-order valence-electron chi connectivity index (χ0n) is 11.6. The second kappa shape index (κ2) is 5.92. The molecule has 2 aromatic rings. The average Bonchev–Trinajstić information content (AvgIpc) is 2.75. The number of thiophene rings is 1. The van der Waals surface area contributed by atoms with Gasteiger partial charge in [0.05, 0.1) is 22.8 Å². The van der Waals surface area contributed by atoms with E-state index >= 15 is 0 Å². The number of nitro benzene ring substituents is 1. The van der Waals surface area contributed by atoms with Gasteiger partial charge in [0.2, 0.25) is 0 Å². The number of nitrogens with two attached hydrogens (primary N) is 1. The summed E-state index contributed by atoms with van der Waals surface area (Å²) in [6, 6.07) is 6.38. The predicted octanol–water partition coefficient (Wildman–Crippen LogP) is 3.39. The van der Waals surface area contributed by atoms with Crippen molar-refractivity contribution in [3.8, 4) is 10.4 Å². The summed E-state index contributed by atoms with van der Waals surface area (Å²) in [7, 11) is 0. The molecule has 7 heteroatoms. The average molecular weight is 306 g/mol. The van der Waals surface area contributed by atoms with Crippen LogP contribution in [-0.4, -0.2) is 17.5 Å². The number of esters is 1. The third-order valence-electron chi connectivity index (χ3n) is 3.00. The van der Waals surface area contributed by atoms with E-state index in [0.717, 1.165) is 11.3 Å². The molecule has 0 saturated heterocycles. The molecule has 0 aliphatic carbocycles. The first-order valence-electron chi connectivity index (χ1n) is 6.27. The zero-order chi connectivity index (χ0) is 15.6. The normalized spacial score (nSPS) is 10.4. The lowest BCUT2D eigenvalue weighted by atomic mass is 10.1. The zero-order valence-corrected chi connectivity index (χ0v) is 12.4. The number of ether oxygens (including phenoxy) is 1. The molecule has 0 amide bonds. The van der Waals surface area contributed by atoms with E-state index < -0.39 is 10.9 Å². The molecule has 0 atom stereocenters. The largest absolute Gasteiger partial charge is 0.462 e. The van der Waals surface area contributed by atoms with Gasteiger partial charge in [0.25, 0.3) is 5.69 Å². The number of hydrogen-bond donors (Lipinski definition) is 1. The summed E-state index contributed by atoms with van der Waals surface area (Å²) in [5.74, 6) is -0.507. The van der Waals surface area contributed by atoms with Gasteiger partial charge in [0, 0.05) is 10.9 Å². The Kier molecular flexibility index (Phi) is 4.23. The second-order valence-electron chi connectivity index (χ2n) is 4.29. The van der Waals surface area contributed by atoms with Crippen molar-refractivity contribution in [3.05, 3.63) is 44.8 Å². The highest BCUT2D eigenvalue weighted by atomic mass is 32.1. The number of nitrogen functional groups attached to an aromatic ring is 1. The molecule has 1 aromatic heterocycles. The van der Waals surface area contributed by atoms with Crippen molar-refractivity contribution in [2.75, 3.05) is 12.3 Å². The molecule has 0 saturated carbocycles. The minimum Gasteiger partial charge on any atom is -0.462 e. The van der Waals surface area contributed by atoms with E-state index in [0.29, 0.717) is 21.7 Å². The Hall–Kier alpha value is -2.41. The van der Waals surface area contributed by atoms with E-state index in [2.05, 4.69) is 0 Å². The standard InChI is InChI=1S/C14H14N2O4S/c1-3-20-14(17)13-11(15)8(2)12(21-13)9-6-4-5-7-10(9)16(18)19/h4-7H,3,15H2,1-2H3. The molecule has 1 aromatic carbocycles. The second-order valence-corrected chi connectivity index (χ2v) is 5.31. The Bertz CT molecular complexity index is 709. The number of nitrogens with zero attached hydrogens (tertiary/aromatic N) is 1. The van der Waals surface area contributed by atoms with Crippen LogP contribution in [0.5, 0.6) is 0 Å². The molecule has 21 heavy (non-hydrogen) atoms. The van der Waals surface area contributed by atoms with Gasteiger partial charge >= 0.3 is 5.97 Å². The van der Waals surface area contributed by atoms with Crippen LogP contribution in [0.1, 0.15) is 22.2 Å². The van der Waals surface area contributed by atoms with Crippen molar-refractivity contribution in [1.29, 1.82) is 0 Å². The van der Waals surface area contributed by atoms with Gasteiger partial charge in [0.15, 0.2) is 0 Å². The van der Waals surface area contributed by atoms with Crippen LogP contribution >= 0.6 is 11.3 Å². The SMILES string of the molecule is CCOC(=O)c1sc(-c2ccccc2[N+](=O)[O-])c(C)c1N. The van der Waals surface area contributed by atoms with Crippen molar-refractivity contribution >= 4 is 28.7 Å². The number of rotatable bonds is 4. The number of carbonyl (C=O) groups is 1. The minimum atomic E-state index is -0.507. The van der Waals surface area contributed by atoms with Gasteiger partial charge in [-0.2, -0.15) is 0 Å². The summed E-state index contributed by atoms with van der Waals surface area (Å²) in [4.78, 5) is 23.4. The molecule has 0 bridgehead atoms. The minimum absolute atomic E-state index is 0.0164. The van der Waals surface area contributed by atoms with Crippen molar-refractivity contribution in [2.24, 2.45) is 0 Å². The quantitative estimate of drug-likeness (QED) is 0.530. The number of carbonyl (C=O) groups excluding carboxylic acids is 1. The molecule has 0 spiro atoms. The van der Waals surface area contributed by atoms with E-state index in [4.69, 9.17) is 10.5 Å². The maximum Gasteiger partial charge on any atom is 0.350 e. The van der Waals surface area contributed by atoms with Crippen LogP contribution in [0.2, 0.25) is 0 Å². The first-order chi connectivity index (χ1) is 9.97. The highest BCUT2D eigenvalue weighted by Gasteiger charge is 2.24. The topological polar surface area (TPSA) is 95.5 Å². The Morgan fingerprint density at radius 3 is 2.71 bits per heavy atom.